The van der Waals surface area contributed by atoms with Crippen LogP contribution in [0.5, 0.6) is 0 Å². The molecule has 6 heteroatoms. The van der Waals surface area contributed by atoms with E-state index >= 15 is 0 Å². The van der Waals surface area contributed by atoms with E-state index in [0.717, 1.165) is 44.8 Å². The van der Waals surface area contributed by atoms with Crippen LogP contribution >= 0.6 is 0 Å². The summed E-state index contributed by atoms with van der Waals surface area (Å²) in [6.45, 7) is 9.43. The highest BCUT2D eigenvalue weighted by atomic mass is 17.2. The summed E-state index contributed by atoms with van der Waals surface area (Å²) in [5, 5.41) is 25.0. The lowest BCUT2D eigenvalue weighted by Crippen LogP contribution is -2.11. The van der Waals surface area contributed by atoms with Gasteiger partial charge in [0.2, 0.25) is 0 Å². The number of aliphatic hydroxyl groups excluding tert-OH is 3. The normalized spacial score (nSPS) is 10.5. The number of unbranched alkanes of at least 4 members (excludes halogenated alkanes) is 4. The maximum atomic E-state index is 11.5. The van der Waals surface area contributed by atoms with Gasteiger partial charge in [-0.2, -0.15) is 4.89 Å². The minimum atomic E-state index is -0.737. The standard InChI is InChI=1S/C32H44O5.CH4O/c1-4-5-6-7-8-14-30-22-28(13-10-21-36-37-32(35)26(3)24-34)17-20-31(30)29-18-15-27(16-19-29)12-9-11-25(2)23-33;1-2/h15-20,22,33-34H,2-14,21,23-24H2,1H3;2H,1H3. The van der Waals surface area contributed by atoms with Gasteiger partial charge in [-0.05, 0) is 72.8 Å². The Bertz CT molecular complexity index is 980. The van der Waals surface area contributed by atoms with Crippen LogP contribution in [0.3, 0.4) is 0 Å². The van der Waals surface area contributed by atoms with E-state index in [1.807, 2.05) is 0 Å². The third-order valence-electron chi connectivity index (χ3n) is 6.51. The summed E-state index contributed by atoms with van der Waals surface area (Å²) in [6.07, 6.45) is 11.6. The average Bonchev–Trinajstić information content (AvgIpc) is 2.97. The number of carbonyl (C=O) groups is 1. The molecule has 0 aromatic heterocycles. The van der Waals surface area contributed by atoms with Gasteiger partial charge in [0.1, 0.15) is 0 Å². The Morgan fingerprint density at radius 3 is 2.13 bits per heavy atom. The van der Waals surface area contributed by atoms with Crippen molar-refractivity contribution in [3.63, 3.8) is 0 Å². The Morgan fingerprint density at radius 1 is 0.795 bits per heavy atom. The molecule has 0 atom stereocenters. The molecule has 0 fully saturated rings. The first-order valence-electron chi connectivity index (χ1n) is 14.0. The fraction of sp³-hybridized carbons (Fsp3) is 0.485. The Kier molecular flexibility index (Phi) is 18.5. The van der Waals surface area contributed by atoms with Crippen molar-refractivity contribution in [2.24, 2.45) is 0 Å². The molecule has 2 aromatic carbocycles. The summed E-state index contributed by atoms with van der Waals surface area (Å²) in [7, 11) is 1.00. The molecule has 0 aliphatic rings. The molecule has 0 unspecified atom stereocenters. The first-order valence-corrected chi connectivity index (χ1v) is 14.0. The Labute approximate surface area is 234 Å². The Morgan fingerprint density at radius 2 is 1.46 bits per heavy atom. The lowest BCUT2D eigenvalue weighted by Gasteiger charge is -2.14. The van der Waals surface area contributed by atoms with Crippen LogP contribution in [0.1, 0.15) is 75.0 Å². The van der Waals surface area contributed by atoms with Gasteiger partial charge in [-0.15, -0.1) is 0 Å². The van der Waals surface area contributed by atoms with Gasteiger partial charge < -0.3 is 15.3 Å². The van der Waals surface area contributed by atoms with Crippen LogP contribution in [-0.2, 0) is 33.8 Å². The van der Waals surface area contributed by atoms with Gasteiger partial charge in [-0.25, -0.2) is 4.79 Å². The summed E-state index contributed by atoms with van der Waals surface area (Å²) >= 11 is 0. The number of rotatable bonds is 19. The van der Waals surface area contributed by atoms with Crippen molar-refractivity contribution in [1.29, 1.82) is 0 Å². The predicted molar refractivity (Wildman–Crippen MR) is 158 cm³/mol. The quantitative estimate of drug-likeness (QED) is 0.0636. The molecule has 0 aliphatic heterocycles. The number of hydrogen-bond donors (Lipinski definition) is 3. The summed E-state index contributed by atoms with van der Waals surface area (Å²) in [5.74, 6) is -0.737. The highest BCUT2D eigenvalue weighted by Crippen LogP contribution is 2.28. The SMILES string of the molecule is C=C(CO)CCCc1ccc(-c2ccc(CCCOOC(=O)C(=C)CO)cc2CCCCCCC)cc1.CO. The second-order valence-corrected chi connectivity index (χ2v) is 9.67. The van der Waals surface area contributed by atoms with Crippen molar-refractivity contribution < 1.29 is 29.9 Å². The smallest absolute Gasteiger partial charge is 0.370 e. The zero-order valence-corrected chi connectivity index (χ0v) is 23.9. The van der Waals surface area contributed by atoms with Gasteiger partial charge in [-0.3, -0.25) is 4.89 Å². The van der Waals surface area contributed by atoms with Gasteiger partial charge in [0, 0.05) is 7.11 Å². The average molecular weight is 541 g/mol. The first kappa shape index (κ1) is 34.3. The third-order valence-corrected chi connectivity index (χ3v) is 6.51. The van der Waals surface area contributed by atoms with Crippen LogP contribution in [0, 0.1) is 0 Å². The van der Waals surface area contributed by atoms with Crippen molar-refractivity contribution in [2.75, 3.05) is 26.9 Å². The fourth-order valence-electron chi connectivity index (χ4n) is 4.24. The van der Waals surface area contributed by atoms with Crippen LogP contribution in [0.4, 0.5) is 0 Å². The summed E-state index contributed by atoms with van der Waals surface area (Å²) in [4.78, 5) is 21.1. The van der Waals surface area contributed by atoms with Gasteiger partial charge in [0.15, 0.2) is 0 Å². The number of carbonyl (C=O) groups excluding carboxylic acids is 1. The highest BCUT2D eigenvalue weighted by Gasteiger charge is 2.10. The molecule has 0 amide bonds. The molecule has 6 nitrogen and oxygen atoms in total. The molecule has 0 spiro atoms. The van der Waals surface area contributed by atoms with Crippen molar-refractivity contribution in [3.05, 3.63) is 83.5 Å². The molecule has 216 valence electrons. The molecule has 2 aromatic rings. The van der Waals surface area contributed by atoms with Crippen LogP contribution in [0.2, 0.25) is 0 Å². The number of aliphatic hydroxyl groups is 3. The monoisotopic (exact) mass is 540 g/mol. The maximum absolute atomic E-state index is 11.5. The second-order valence-electron chi connectivity index (χ2n) is 9.67. The maximum Gasteiger partial charge on any atom is 0.370 e. The topological polar surface area (TPSA) is 96.2 Å². The predicted octanol–water partition coefficient (Wildman–Crippen LogP) is 6.30. The van der Waals surface area contributed by atoms with Gasteiger partial charge in [0.25, 0.3) is 0 Å². The van der Waals surface area contributed by atoms with Gasteiger partial charge in [-0.1, -0.05) is 93.8 Å². The van der Waals surface area contributed by atoms with Crippen LogP contribution in [0.15, 0.2) is 66.8 Å². The Hall–Kier alpha value is -2.77. The molecule has 0 heterocycles. The van der Waals surface area contributed by atoms with E-state index in [1.54, 1.807) is 0 Å². The molecule has 0 saturated carbocycles. The van der Waals surface area contributed by atoms with Crippen molar-refractivity contribution in [1.82, 2.24) is 0 Å². The van der Waals surface area contributed by atoms with Crippen molar-refractivity contribution >= 4 is 5.97 Å². The third kappa shape index (κ3) is 13.7. The van der Waals surface area contributed by atoms with Crippen LogP contribution < -0.4 is 0 Å². The minimum absolute atomic E-state index is 0.0280. The molecule has 0 aliphatic carbocycles. The van der Waals surface area contributed by atoms with Crippen molar-refractivity contribution in [3.8, 4) is 11.1 Å². The Balaban J connectivity index is 0.00000371. The van der Waals surface area contributed by atoms with E-state index in [-0.39, 0.29) is 18.8 Å². The van der Waals surface area contributed by atoms with E-state index in [0.29, 0.717) is 6.42 Å². The molecule has 0 saturated heterocycles. The lowest BCUT2D eigenvalue weighted by molar-refractivity contribution is -0.268. The lowest BCUT2D eigenvalue weighted by atomic mass is 9.92. The molecular weight excluding hydrogens is 492 g/mol. The zero-order chi connectivity index (χ0) is 28.9. The van der Waals surface area contributed by atoms with Gasteiger partial charge >= 0.3 is 5.97 Å². The van der Waals surface area contributed by atoms with Crippen molar-refractivity contribution in [2.45, 2.75) is 77.6 Å². The van der Waals surface area contributed by atoms with Crippen LogP contribution in [0.25, 0.3) is 11.1 Å². The largest absolute Gasteiger partial charge is 0.400 e. The highest BCUT2D eigenvalue weighted by molar-refractivity contribution is 5.87. The van der Waals surface area contributed by atoms with Gasteiger partial charge in [0.05, 0.1) is 25.4 Å². The second kappa shape index (κ2) is 21.1. The summed E-state index contributed by atoms with van der Waals surface area (Å²) < 4.78 is 0. The molecule has 0 radical (unpaired) electrons. The summed E-state index contributed by atoms with van der Waals surface area (Å²) in [6, 6.07) is 15.6. The minimum Gasteiger partial charge on any atom is -0.400 e. The molecule has 3 N–H and O–H groups in total. The zero-order valence-electron chi connectivity index (χ0n) is 23.9. The number of benzene rings is 2. The number of aryl methyl sites for hydroxylation is 3. The van der Waals surface area contributed by atoms with E-state index in [4.69, 9.17) is 20.2 Å². The van der Waals surface area contributed by atoms with E-state index in [2.05, 4.69) is 67.4 Å². The summed E-state index contributed by atoms with van der Waals surface area (Å²) in [5.41, 5.74) is 7.29. The molecule has 39 heavy (non-hydrogen) atoms. The fourth-order valence-corrected chi connectivity index (χ4v) is 4.24. The molecular formula is C33H48O6. The van der Waals surface area contributed by atoms with E-state index < -0.39 is 12.6 Å². The van der Waals surface area contributed by atoms with Crippen LogP contribution in [-0.4, -0.2) is 48.2 Å². The number of hydrogen-bond acceptors (Lipinski definition) is 6. The molecule has 2 rings (SSSR count). The van der Waals surface area contributed by atoms with E-state index in [9.17, 15) is 4.79 Å². The molecule has 0 bridgehead atoms. The first-order chi connectivity index (χ1) is 19.0. The van der Waals surface area contributed by atoms with E-state index in [1.165, 1.54) is 59.9 Å².